The summed E-state index contributed by atoms with van der Waals surface area (Å²) < 4.78 is 9.68. The third-order valence-corrected chi connectivity index (χ3v) is 2.97. The summed E-state index contributed by atoms with van der Waals surface area (Å²) in [7, 11) is 0. The van der Waals surface area contributed by atoms with Crippen LogP contribution in [-0.4, -0.2) is 47.6 Å². The Morgan fingerprint density at radius 2 is 1.71 bits per heavy atom. The van der Waals surface area contributed by atoms with Crippen LogP contribution in [0.3, 0.4) is 0 Å². The van der Waals surface area contributed by atoms with E-state index in [9.17, 15) is 19.2 Å². The molecule has 0 fully saturated rings. The van der Waals surface area contributed by atoms with Crippen LogP contribution in [0.15, 0.2) is 24.3 Å². The van der Waals surface area contributed by atoms with E-state index in [-0.39, 0.29) is 17.6 Å². The molecule has 1 aliphatic heterocycles. The largest absolute Gasteiger partial charge is 0.464 e. The molecule has 0 bridgehead atoms. The molecule has 0 spiro atoms. The SMILES string of the molecule is CC(C)(C)OC(=O)C(COC=O)ON1C(=O)c2ccccc2C1=O. The smallest absolute Gasteiger partial charge is 0.342 e. The van der Waals surface area contributed by atoms with E-state index in [1.807, 2.05) is 0 Å². The zero-order chi connectivity index (χ0) is 17.9. The van der Waals surface area contributed by atoms with E-state index in [2.05, 4.69) is 4.74 Å². The van der Waals surface area contributed by atoms with E-state index < -0.39 is 36.1 Å². The molecule has 0 aromatic heterocycles. The summed E-state index contributed by atoms with van der Waals surface area (Å²) in [6, 6.07) is 6.16. The fourth-order valence-corrected chi connectivity index (χ4v) is 2.03. The molecule has 0 saturated carbocycles. The molecule has 2 rings (SSSR count). The van der Waals surface area contributed by atoms with Crippen LogP contribution in [0, 0.1) is 0 Å². The van der Waals surface area contributed by atoms with Crippen molar-refractivity contribution in [1.82, 2.24) is 5.06 Å². The highest BCUT2D eigenvalue weighted by atomic mass is 16.7. The fraction of sp³-hybridized carbons (Fsp3) is 0.375. The van der Waals surface area contributed by atoms with Crippen LogP contribution in [0.1, 0.15) is 41.5 Å². The Morgan fingerprint density at radius 3 is 2.17 bits per heavy atom. The number of ether oxygens (including phenoxy) is 2. The molecule has 2 amide bonds. The van der Waals surface area contributed by atoms with Crippen molar-refractivity contribution in [2.45, 2.75) is 32.5 Å². The van der Waals surface area contributed by atoms with E-state index in [1.165, 1.54) is 12.1 Å². The molecule has 24 heavy (non-hydrogen) atoms. The van der Waals surface area contributed by atoms with Gasteiger partial charge >= 0.3 is 5.97 Å². The van der Waals surface area contributed by atoms with E-state index in [4.69, 9.17) is 9.57 Å². The average molecular weight is 335 g/mol. The second-order valence-corrected chi connectivity index (χ2v) is 6.01. The van der Waals surface area contributed by atoms with Gasteiger partial charge in [-0.25, -0.2) is 9.63 Å². The number of esters is 1. The maximum absolute atomic E-state index is 12.2. The molecule has 1 aromatic rings. The van der Waals surface area contributed by atoms with Crippen molar-refractivity contribution in [1.29, 1.82) is 0 Å². The molecule has 0 saturated heterocycles. The molecule has 0 radical (unpaired) electrons. The van der Waals surface area contributed by atoms with Gasteiger partial charge in [0.2, 0.25) is 6.10 Å². The minimum Gasteiger partial charge on any atom is -0.464 e. The van der Waals surface area contributed by atoms with E-state index in [1.54, 1.807) is 32.9 Å². The van der Waals surface area contributed by atoms with Crippen molar-refractivity contribution < 1.29 is 33.5 Å². The Labute approximate surface area is 138 Å². The minimum absolute atomic E-state index is 0.128. The summed E-state index contributed by atoms with van der Waals surface area (Å²) in [5.74, 6) is -2.26. The van der Waals surface area contributed by atoms with Crippen molar-refractivity contribution in [3.8, 4) is 0 Å². The van der Waals surface area contributed by atoms with Gasteiger partial charge in [0, 0.05) is 0 Å². The summed E-state index contributed by atoms with van der Waals surface area (Å²) in [5.41, 5.74) is -0.481. The van der Waals surface area contributed by atoms with Crippen LogP contribution in [0.5, 0.6) is 0 Å². The van der Waals surface area contributed by atoms with Gasteiger partial charge in [-0.2, -0.15) is 0 Å². The lowest BCUT2D eigenvalue weighted by molar-refractivity contribution is -0.195. The number of amides is 2. The molecule has 1 aliphatic rings. The number of hydrogen-bond donors (Lipinski definition) is 0. The van der Waals surface area contributed by atoms with E-state index in [0.717, 1.165) is 0 Å². The lowest BCUT2D eigenvalue weighted by atomic mass is 10.1. The topological polar surface area (TPSA) is 99.2 Å². The lowest BCUT2D eigenvalue weighted by Crippen LogP contribution is -2.43. The van der Waals surface area contributed by atoms with Gasteiger partial charge < -0.3 is 9.47 Å². The van der Waals surface area contributed by atoms with Crippen molar-refractivity contribution in [3.05, 3.63) is 35.4 Å². The van der Waals surface area contributed by atoms with E-state index >= 15 is 0 Å². The summed E-state index contributed by atoms with van der Waals surface area (Å²) >= 11 is 0. The molecule has 0 aliphatic carbocycles. The summed E-state index contributed by atoms with van der Waals surface area (Å²) in [5, 5.41) is 0.480. The predicted molar refractivity (Wildman–Crippen MR) is 79.7 cm³/mol. The van der Waals surface area contributed by atoms with Gasteiger partial charge in [0.25, 0.3) is 18.3 Å². The third-order valence-electron chi connectivity index (χ3n) is 2.97. The monoisotopic (exact) mass is 335 g/mol. The molecule has 8 heteroatoms. The molecule has 1 aromatic carbocycles. The van der Waals surface area contributed by atoms with Crippen LogP contribution in [0.4, 0.5) is 0 Å². The first-order valence-corrected chi connectivity index (χ1v) is 7.17. The zero-order valence-corrected chi connectivity index (χ0v) is 13.5. The predicted octanol–water partition coefficient (Wildman–Crippen LogP) is 1.10. The van der Waals surface area contributed by atoms with Crippen LogP contribution < -0.4 is 0 Å². The first-order valence-electron chi connectivity index (χ1n) is 7.17. The average Bonchev–Trinajstić information content (AvgIpc) is 2.74. The summed E-state index contributed by atoms with van der Waals surface area (Å²) in [6.45, 7) is 4.56. The van der Waals surface area contributed by atoms with Gasteiger partial charge in [0.1, 0.15) is 12.2 Å². The van der Waals surface area contributed by atoms with Gasteiger partial charge in [0.05, 0.1) is 11.1 Å². The number of imide groups is 1. The maximum Gasteiger partial charge on any atom is 0.342 e. The highest BCUT2D eigenvalue weighted by Crippen LogP contribution is 2.24. The van der Waals surface area contributed by atoms with Crippen molar-refractivity contribution in [2.75, 3.05) is 6.61 Å². The highest BCUT2D eigenvalue weighted by Gasteiger charge is 2.40. The Hall–Kier alpha value is -2.74. The molecule has 1 unspecified atom stereocenters. The van der Waals surface area contributed by atoms with Gasteiger partial charge in [-0.15, -0.1) is 5.06 Å². The number of hydrogen-bond acceptors (Lipinski definition) is 7. The van der Waals surface area contributed by atoms with Crippen molar-refractivity contribution in [2.24, 2.45) is 0 Å². The second kappa shape index (κ2) is 6.79. The second-order valence-electron chi connectivity index (χ2n) is 6.01. The van der Waals surface area contributed by atoms with Gasteiger partial charge in [-0.3, -0.25) is 14.4 Å². The number of fused-ring (bicyclic) bond motifs is 1. The zero-order valence-electron chi connectivity index (χ0n) is 13.5. The molecular formula is C16H17NO7. The van der Waals surface area contributed by atoms with Crippen molar-refractivity contribution in [3.63, 3.8) is 0 Å². The molecule has 8 nitrogen and oxygen atoms in total. The molecular weight excluding hydrogens is 318 g/mol. The maximum atomic E-state index is 12.2. The first-order chi connectivity index (χ1) is 11.2. The number of hydroxylamine groups is 2. The molecule has 1 heterocycles. The Morgan fingerprint density at radius 1 is 1.17 bits per heavy atom. The van der Waals surface area contributed by atoms with Crippen molar-refractivity contribution >= 4 is 24.3 Å². The fourth-order valence-electron chi connectivity index (χ4n) is 2.03. The standard InChI is InChI=1S/C16H17NO7/c1-16(2,3)23-15(21)12(8-22-9-18)24-17-13(19)10-6-4-5-7-11(10)14(17)20/h4-7,9,12H,8H2,1-3H3. The Bertz CT molecular complexity index is 642. The Balaban J connectivity index is 2.18. The van der Waals surface area contributed by atoms with Gasteiger partial charge in [0.15, 0.2) is 0 Å². The lowest BCUT2D eigenvalue weighted by Gasteiger charge is -2.25. The quantitative estimate of drug-likeness (QED) is 0.436. The highest BCUT2D eigenvalue weighted by molar-refractivity contribution is 6.20. The van der Waals surface area contributed by atoms with Crippen LogP contribution in [-0.2, 0) is 23.9 Å². The van der Waals surface area contributed by atoms with Crippen LogP contribution in [0.25, 0.3) is 0 Å². The number of nitrogens with zero attached hydrogens (tertiary/aromatic N) is 1. The first kappa shape index (κ1) is 17.6. The van der Waals surface area contributed by atoms with Gasteiger partial charge in [-0.05, 0) is 32.9 Å². The summed E-state index contributed by atoms with van der Waals surface area (Å²) in [6.07, 6.45) is -1.45. The Kier molecular flexibility index (Phi) is 4.99. The number of carbonyl (C=O) groups excluding carboxylic acids is 4. The molecule has 1 atom stereocenters. The molecule has 128 valence electrons. The number of carbonyl (C=O) groups is 4. The molecule has 0 N–H and O–H groups in total. The minimum atomic E-state index is -1.45. The van der Waals surface area contributed by atoms with Crippen LogP contribution in [0.2, 0.25) is 0 Å². The van der Waals surface area contributed by atoms with Gasteiger partial charge in [-0.1, -0.05) is 12.1 Å². The third kappa shape index (κ3) is 3.77. The van der Waals surface area contributed by atoms with Crippen LogP contribution >= 0.6 is 0 Å². The number of rotatable bonds is 6. The van der Waals surface area contributed by atoms with E-state index in [0.29, 0.717) is 5.06 Å². The number of benzene rings is 1. The normalized spacial score (nSPS) is 15.0. The summed E-state index contributed by atoms with van der Waals surface area (Å²) in [4.78, 5) is 52.2.